The lowest BCUT2D eigenvalue weighted by Crippen LogP contribution is -2.38. The number of aryl methyl sites for hydroxylation is 1. The third kappa shape index (κ3) is 3.07. The molecule has 1 N–H and O–H groups in total. The van der Waals surface area contributed by atoms with E-state index >= 15 is 0 Å². The Morgan fingerprint density at radius 2 is 2.35 bits per heavy atom. The number of benzene rings is 1. The van der Waals surface area contributed by atoms with E-state index in [1.807, 2.05) is 31.2 Å². The summed E-state index contributed by atoms with van der Waals surface area (Å²) in [5, 5.41) is 3.02. The van der Waals surface area contributed by atoms with Crippen LogP contribution in [0.5, 0.6) is 0 Å². The van der Waals surface area contributed by atoms with E-state index in [1.165, 1.54) is 12.8 Å². The highest BCUT2D eigenvalue weighted by atomic mass is 16.1. The molecule has 1 atom stereocenters. The molecule has 3 nitrogen and oxygen atoms in total. The normalized spacial score (nSPS) is 20.5. The average molecular weight is 232 g/mol. The van der Waals surface area contributed by atoms with Crippen molar-refractivity contribution >= 4 is 5.91 Å². The Hall–Kier alpha value is -1.35. The van der Waals surface area contributed by atoms with Crippen molar-refractivity contribution in [3.05, 3.63) is 35.4 Å². The Bertz CT molecular complexity index is 403. The van der Waals surface area contributed by atoms with Crippen molar-refractivity contribution in [1.82, 2.24) is 10.2 Å². The lowest BCUT2D eigenvalue weighted by atomic mass is 10.1. The minimum absolute atomic E-state index is 0.0361. The van der Waals surface area contributed by atoms with Crippen molar-refractivity contribution in [3.8, 4) is 0 Å². The SMILES string of the molecule is Cc1cccc(C(=O)NCC2CCCN2C)c1. The number of likely N-dealkylation sites (tertiary alicyclic amines) is 1. The summed E-state index contributed by atoms with van der Waals surface area (Å²) >= 11 is 0. The van der Waals surface area contributed by atoms with E-state index in [9.17, 15) is 4.79 Å². The van der Waals surface area contributed by atoms with Gasteiger partial charge >= 0.3 is 0 Å². The van der Waals surface area contributed by atoms with Crippen LogP contribution in [0, 0.1) is 6.92 Å². The molecular weight excluding hydrogens is 212 g/mol. The molecule has 1 fully saturated rings. The van der Waals surface area contributed by atoms with Crippen molar-refractivity contribution in [1.29, 1.82) is 0 Å². The van der Waals surface area contributed by atoms with Gasteiger partial charge < -0.3 is 10.2 Å². The van der Waals surface area contributed by atoms with Gasteiger partial charge in [-0.2, -0.15) is 0 Å². The Balaban J connectivity index is 1.89. The zero-order valence-electron chi connectivity index (χ0n) is 10.6. The van der Waals surface area contributed by atoms with Gasteiger partial charge in [0.25, 0.3) is 5.91 Å². The Morgan fingerprint density at radius 1 is 1.53 bits per heavy atom. The van der Waals surface area contributed by atoms with Gasteiger partial charge in [-0.15, -0.1) is 0 Å². The second-order valence-electron chi connectivity index (χ2n) is 4.86. The third-order valence-corrected chi connectivity index (χ3v) is 3.45. The fourth-order valence-corrected chi connectivity index (χ4v) is 2.34. The van der Waals surface area contributed by atoms with Crippen LogP contribution < -0.4 is 5.32 Å². The van der Waals surface area contributed by atoms with E-state index < -0.39 is 0 Å². The number of likely N-dealkylation sites (N-methyl/N-ethyl adjacent to an activating group) is 1. The number of hydrogen-bond donors (Lipinski definition) is 1. The second-order valence-corrected chi connectivity index (χ2v) is 4.86. The Kier molecular flexibility index (Phi) is 3.79. The monoisotopic (exact) mass is 232 g/mol. The van der Waals surface area contributed by atoms with Crippen LogP contribution in [-0.4, -0.2) is 37.0 Å². The highest BCUT2D eigenvalue weighted by Crippen LogP contribution is 2.13. The quantitative estimate of drug-likeness (QED) is 0.862. The van der Waals surface area contributed by atoms with Crippen LogP contribution in [0.15, 0.2) is 24.3 Å². The van der Waals surface area contributed by atoms with E-state index in [1.54, 1.807) is 0 Å². The van der Waals surface area contributed by atoms with Crippen LogP contribution in [-0.2, 0) is 0 Å². The van der Waals surface area contributed by atoms with Gasteiger partial charge in [-0.05, 0) is 45.5 Å². The number of amides is 1. The maximum atomic E-state index is 11.9. The van der Waals surface area contributed by atoms with Crippen LogP contribution in [0.2, 0.25) is 0 Å². The lowest BCUT2D eigenvalue weighted by molar-refractivity contribution is 0.0943. The molecule has 1 amide bonds. The topological polar surface area (TPSA) is 32.3 Å². The summed E-state index contributed by atoms with van der Waals surface area (Å²) in [5.41, 5.74) is 1.88. The van der Waals surface area contributed by atoms with Crippen molar-refractivity contribution in [2.24, 2.45) is 0 Å². The molecule has 0 aromatic heterocycles. The average Bonchev–Trinajstić information content (AvgIpc) is 2.72. The molecule has 1 aromatic carbocycles. The summed E-state index contributed by atoms with van der Waals surface area (Å²) < 4.78 is 0. The van der Waals surface area contributed by atoms with Crippen LogP contribution >= 0.6 is 0 Å². The molecule has 1 saturated heterocycles. The van der Waals surface area contributed by atoms with Gasteiger partial charge in [0.15, 0.2) is 0 Å². The highest BCUT2D eigenvalue weighted by molar-refractivity contribution is 5.94. The minimum Gasteiger partial charge on any atom is -0.350 e. The molecule has 0 aliphatic carbocycles. The predicted molar refractivity (Wildman–Crippen MR) is 69.2 cm³/mol. The maximum absolute atomic E-state index is 11.9. The van der Waals surface area contributed by atoms with E-state index in [0.29, 0.717) is 6.04 Å². The smallest absolute Gasteiger partial charge is 0.251 e. The van der Waals surface area contributed by atoms with Crippen LogP contribution in [0.3, 0.4) is 0 Å². The van der Waals surface area contributed by atoms with Gasteiger partial charge in [-0.25, -0.2) is 0 Å². The molecule has 0 bridgehead atoms. The van der Waals surface area contributed by atoms with Crippen molar-refractivity contribution in [2.75, 3.05) is 20.1 Å². The first-order chi connectivity index (χ1) is 8.16. The Morgan fingerprint density at radius 3 is 3.00 bits per heavy atom. The van der Waals surface area contributed by atoms with Gasteiger partial charge in [0, 0.05) is 18.2 Å². The third-order valence-electron chi connectivity index (χ3n) is 3.45. The van der Waals surface area contributed by atoms with E-state index in [0.717, 1.165) is 24.2 Å². The summed E-state index contributed by atoms with van der Waals surface area (Å²) in [6, 6.07) is 8.21. The Labute approximate surface area is 103 Å². The number of nitrogens with zero attached hydrogens (tertiary/aromatic N) is 1. The van der Waals surface area contributed by atoms with E-state index in [-0.39, 0.29) is 5.91 Å². The number of hydrogen-bond acceptors (Lipinski definition) is 2. The molecule has 17 heavy (non-hydrogen) atoms. The van der Waals surface area contributed by atoms with E-state index in [2.05, 4.69) is 17.3 Å². The van der Waals surface area contributed by atoms with E-state index in [4.69, 9.17) is 0 Å². The standard InChI is InChI=1S/C14H20N2O/c1-11-5-3-6-12(9-11)14(17)15-10-13-7-4-8-16(13)2/h3,5-6,9,13H,4,7-8,10H2,1-2H3,(H,15,17). The number of nitrogens with one attached hydrogen (secondary N) is 1. The van der Waals surface area contributed by atoms with Gasteiger partial charge in [0.1, 0.15) is 0 Å². The lowest BCUT2D eigenvalue weighted by Gasteiger charge is -2.19. The molecule has 2 rings (SSSR count). The summed E-state index contributed by atoms with van der Waals surface area (Å²) in [4.78, 5) is 14.2. The molecule has 0 radical (unpaired) electrons. The molecule has 1 aromatic rings. The maximum Gasteiger partial charge on any atom is 0.251 e. The first-order valence-electron chi connectivity index (χ1n) is 6.22. The summed E-state index contributed by atoms with van der Waals surface area (Å²) in [5.74, 6) is 0.0361. The van der Waals surface area contributed by atoms with Crippen molar-refractivity contribution in [3.63, 3.8) is 0 Å². The highest BCUT2D eigenvalue weighted by Gasteiger charge is 2.21. The molecule has 92 valence electrons. The number of rotatable bonds is 3. The fourth-order valence-electron chi connectivity index (χ4n) is 2.34. The van der Waals surface area contributed by atoms with Gasteiger partial charge in [0.05, 0.1) is 0 Å². The molecular formula is C14H20N2O. The molecule has 1 aliphatic rings. The molecule has 1 aliphatic heterocycles. The zero-order chi connectivity index (χ0) is 12.3. The van der Waals surface area contributed by atoms with Crippen LogP contribution in [0.1, 0.15) is 28.8 Å². The molecule has 3 heteroatoms. The van der Waals surface area contributed by atoms with Gasteiger partial charge in [-0.1, -0.05) is 17.7 Å². The van der Waals surface area contributed by atoms with Gasteiger partial charge in [0.2, 0.25) is 0 Å². The first-order valence-corrected chi connectivity index (χ1v) is 6.22. The zero-order valence-corrected chi connectivity index (χ0v) is 10.6. The largest absolute Gasteiger partial charge is 0.350 e. The molecule has 1 heterocycles. The molecule has 0 spiro atoms. The first kappa shape index (κ1) is 12.1. The molecule has 1 unspecified atom stereocenters. The fraction of sp³-hybridized carbons (Fsp3) is 0.500. The summed E-state index contributed by atoms with van der Waals surface area (Å²) in [6.07, 6.45) is 2.42. The minimum atomic E-state index is 0.0361. The van der Waals surface area contributed by atoms with Crippen LogP contribution in [0.25, 0.3) is 0 Å². The summed E-state index contributed by atoms with van der Waals surface area (Å²) in [7, 11) is 2.12. The van der Waals surface area contributed by atoms with Crippen molar-refractivity contribution < 1.29 is 4.79 Å². The number of carbonyl (C=O) groups is 1. The predicted octanol–water partition coefficient (Wildman–Crippen LogP) is 1.82. The number of carbonyl (C=O) groups excluding carboxylic acids is 1. The van der Waals surface area contributed by atoms with Gasteiger partial charge in [-0.3, -0.25) is 4.79 Å². The van der Waals surface area contributed by atoms with Crippen LogP contribution in [0.4, 0.5) is 0 Å². The second kappa shape index (κ2) is 5.32. The molecule has 0 saturated carbocycles. The van der Waals surface area contributed by atoms with Crippen molar-refractivity contribution in [2.45, 2.75) is 25.8 Å². The summed E-state index contributed by atoms with van der Waals surface area (Å²) in [6.45, 7) is 3.90.